The molecular formula is C89H90Cl4N28O4. The molecule has 4 N–H and O–H groups in total. The topological polar surface area (TPSA) is 332 Å². The Morgan fingerprint density at radius 3 is 0.824 bits per heavy atom. The van der Waals surface area contributed by atoms with Gasteiger partial charge in [0.1, 0.15) is 49.0 Å². The van der Waals surface area contributed by atoms with E-state index in [9.17, 15) is 19.2 Å². The number of nitrogens with one attached hydrogen (secondary N) is 4. The van der Waals surface area contributed by atoms with Crippen molar-refractivity contribution in [3.05, 3.63) is 238 Å². The van der Waals surface area contributed by atoms with Crippen molar-refractivity contribution in [3.8, 4) is 46.1 Å². The van der Waals surface area contributed by atoms with Gasteiger partial charge in [-0.05, 0) is 178 Å². The number of pyridine rings is 4. The van der Waals surface area contributed by atoms with Gasteiger partial charge < -0.3 is 59.1 Å². The van der Waals surface area contributed by atoms with E-state index in [0.29, 0.717) is 114 Å². The fourth-order valence-electron chi connectivity index (χ4n) is 16.2. The summed E-state index contributed by atoms with van der Waals surface area (Å²) in [5.74, 6) is 2.79. The summed E-state index contributed by atoms with van der Waals surface area (Å²) < 4.78 is 6.69. The first-order chi connectivity index (χ1) is 60.8. The number of nitrogens with zero attached hydrogens (tertiary/aromatic N) is 24. The van der Waals surface area contributed by atoms with Gasteiger partial charge in [-0.1, -0.05) is 46.4 Å². The van der Waals surface area contributed by atoms with Crippen LogP contribution < -0.4 is 19.6 Å². The Morgan fingerprint density at radius 1 is 0.320 bits per heavy atom. The summed E-state index contributed by atoms with van der Waals surface area (Å²) in [6, 6.07) is 39.5. The lowest BCUT2D eigenvalue weighted by Gasteiger charge is -2.41. The highest BCUT2D eigenvalue weighted by Crippen LogP contribution is 2.33. The van der Waals surface area contributed by atoms with Crippen LogP contribution in [-0.2, 0) is 45.4 Å². The van der Waals surface area contributed by atoms with Crippen molar-refractivity contribution in [2.75, 3.05) is 118 Å². The fraction of sp³-hybridized carbons (Fsp3) is 0.281. The number of carbonyl (C=O) groups is 4. The predicted octanol–water partition coefficient (Wildman–Crippen LogP) is 12.9. The molecule has 0 unspecified atom stereocenters. The second-order valence-corrected chi connectivity index (χ2v) is 32.6. The summed E-state index contributed by atoms with van der Waals surface area (Å²) in [5.41, 5.74) is 14.3. The summed E-state index contributed by atoms with van der Waals surface area (Å²) in [6.07, 6.45) is 20.6. The first-order valence-electron chi connectivity index (χ1n) is 41.2. The third-order valence-electron chi connectivity index (χ3n) is 22.9. The van der Waals surface area contributed by atoms with Crippen LogP contribution in [0.4, 0.5) is 22.7 Å². The van der Waals surface area contributed by atoms with Gasteiger partial charge in [0, 0.05) is 221 Å². The van der Waals surface area contributed by atoms with Crippen LogP contribution in [0.5, 0.6) is 0 Å². The Hall–Kier alpha value is -13.6. The average molecular weight is 1760 g/mol. The Labute approximate surface area is 738 Å². The summed E-state index contributed by atoms with van der Waals surface area (Å²) in [7, 11) is 0. The molecule has 16 aromatic rings. The zero-order chi connectivity index (χ0) is 86.4. The van der Waals surface area contributed by atoms with Gasteiger partial charge in [-0.25, -0.2) is 58.6 Å². The highest BCUT2D eigenvalue weighted by molar-refractivity contribution is 6.32. The molecule has 36 heteroatoms. The summed E-state index contributed by atoms with van der Waals surface area (Å²) in [6.45, 7) is 21.5. The Kier molecular flexibility index (Phi) is 24.9. The number of amides is 4. The minimum absolute atomic E-state index is 0.0329. The number of aryl methyl sites for hydroxylation is 4. The molecule has 0 radical (unpaired) electrons. The number of carbonyl (C=O) groups excluding carboxylic acids is 4. The van der Waals surface area contributed by atoms with Crippen molar-refractivity contribution in [2.24, 2.45) is 0 Å². The van der Waals surface area contributed by atoms with Crippen LogP contribution in [0.1, 0.15) is 29.2 Å². The van der Waals surface area contributed by atoms with Gasteiger partial charge in [-0.2, -0.15) is 20.4 Å². The average Bonchev–Trinajstić information content (AvgIpc) is 1.65. The lowest BCUT2D eigenvalue weighted by atomic mass is 10.1. The molecule has 4 saturated heterocycles. The van der Waals surface area contributed by atoms with E-state index in [1.165, 1.54) is 0 Å². The van der Waals surface area contributed by atoms with Crippen LogP contribution in [0.3, 0.4) is 0 Å². The number of rotatable bonds is 16. The molecule has 4 aliphatic rings. The Bertz CT molecular complexity index is 6040. The first-order valence-corrected chi connectivity index (χ1v) is 42.7. The molecule has 0 aliphatic carbocycles. The summed E-state index contributed by atoms with van der Waals surface area (Å²) in [4.78, 5) is 116. The summed E-state index contributed by atoms with van der Waals surface area (Å²) in [5, 5.41) is 25.1. The van der Waals surface area contributed by atoms with E-state index >= 15 is 0 Å². The molecule has 4 amide bonds. The van der Waals surface area contributed by atoms with Crippen LogP contribution >= 0.6 is 46.4 Å². The molecule has 0 saturated carbocycles. The monoisotopic (exact) mass is 1750 g/mol. The molecule has 125 heavy (non-hydrogen) atoms. The van der Waals surface area contributed by atoms with E-state index in [-0.39, 0.29) is 55.8 Å². The second-order valence-electron chi connectivity index (χ2n) is 31.0. The van der Waals surface area contributed by atoms with Gasteiger partial charge in [0.05, 0.1) is 21.5 Å². The van der Waals surface area contributed by atoms with Crippen molar-refractivity contribution < 1.29 is 19.2 Å². The van der Waals surface area contributed by atoms with Crippen LogP contribution in [0, 0.1) is 27.7 Å². The number of halogens is 4. The van der Waals surface area contributed by atoms with Gasteiger partial charge in [0.15, 0.2) is 45.9 Å². The standard InChI is InChI=1S/C23H24ClN7O.3C22H22ClN7O/c1-15-12-17(5-6-19(15)24)29-10-11-30(16(2)13-29)20(32)14-31-23-18(4-3-7-27-23)21(28-31)22-25-8-9-26-22;3*1-15-13-16(4-5-18(15)23)28-9-11-29(12-10-28)19(31)14-30-22-17(3-2-6-26-22)20(27-30)21-24-7-8-25-21/h3-9,12,16H,10-11,13-14H2,1-2H3,(H,25,26);3*2-8,13H,9-12,14H2,1H3,(H,24,25)/t16-;;;/m0.../s1. The molecule has 20 rings (SSSR count). The Morgan fingerprint density at radius 2 is 0.576 bits per heavy atom. The molecule has 0 spiro atoms. The molecule has 16 heterocycles. The largest absolute Gasteiger partial charge is 0.368 e. The quantitative estimate of drug-likeness (QED) is 0.0698. The van der Waals surface area contributed by atoms with Gasteiger partial charge >= 0.3 is 0 Å². The number of aromatic nitrogens is 20. The SMILES string of the molecule is Cc1cc(N2CCN(C(=O)Cn3nc(-c4ncc[nH]4)c4cccnc43)CC2)ccc1Cl.Cc1cc(N2CCN(C(=O)Cn3nc(-c4ncc[nH]4)c4cccnc43)CC2)ccc1Cl.Cc1cc(N2CCN(C(=O)Cn3nc(-c4ncc[nH]4)c4cccnc43)CC2)ccc1Cl.Cc1cc(N2CCN(C(=O)Cn3nc(-c4ncc[nH]4)c4cccnc43)[C@@H](C)C2)ccc1Cl. The maximum atomic E-state index is 13.2. The summed E-state index contributed by atoms with van der Waals surface area (Å²) >= 11 is 24.6. The van der Waals surface area contributed by atoms with Crippen LogP contribution in [-0.4, -0.2) is 246 Å². The third-order valence-corrected chi connectivity index (χ3v) is 24.6. The molecular weight excluding hydrogens is 1670 g/mol. The molecule has 12 aromatic heterocycles. The van der Waals surface area contributed by atoms with Crippen molar-refractivity contribution in [3.63, 3.8) is 0 Å². The predicted molar refractivity (Wildman–Crippen MR) is 485 cm³/mol. The minimum atomic E-state index is 0.0329. The minimum Gasteiger partial charge on any atom is -0.368 e. The van der Waals surface area contributed by atoms with E-state index < -0.39 is 0 Å². The number of hydrogen-bond donors (Lipinski definition) is 4. The van der Waals surface area contributed by atoms with E-state index in [0.717, 1.165) is 139 Å². The van der Waals surface area contributed by atoms with E-state index in [4.69, 9.17) is 46.4 Å². The van der Waals surface area contributed by atoms with Crippen molar-refractivity contribution in [1.29, 1.82) is 0 Å². The van der Waals surface area contributed by atoms with E-state index in [1.54, 1.807) is 93.1 Å². The number of hydrogen-bond acceptors (Lipinski definition) is 20. The number of benzene rings is 4. The van der Waals surface area contributed by atoms with Crippen LogP contribution in [0.15, 0.2) is 196 Å². The van der Waals surface area contributed by atoms with Gasteiger partial charge in [-0.3, -0.25) is 19.2 Å². The Balaban J connectivity index is 0.000000118. The van der Waals surface area contributed by atoms with Crippen LogP contribution in [0.25, 0.3) is 90.2 Å². The maximum Gasteiger partial charge on any atom is 0.244 e. The second kappa shape index (κ2) is 37.3. The van der Waals surface area contributed by atoms with Gasteiger partial charge in [0.25, 0.3) is 0 Å². The molecule has 32 nitrogen and oxygen atoms in total. The number of piperazine rings is 4. The maximum absolute atomic E-state index is 13.2. The lowest BCUT2D eigenvalue weighted by molar-refractivity contribution is -0.134. The molecule has 4 fully saturated rings. The normalized spacial score (nSPS) is 15.0. The number of H-pyrrole nitrogens is 4. The zero-order valence-corrected chi connectivity index (χ0v) is 72.4. The molecule has 4 aromatic carbocycles. The number of fused-ring (bicyclic) bond motifs is 4. The number of anilines is 4. The van der Waals surface area contributed by atoms with E-state index in [2.05, 4.69) is 131 Å². The van der Waals surface area contributed by atoms with E-state index in [1.807, 2.05) is 144 Å². The van der Waals surface area contributed by atoms with Gasteiger partial charge in [-0.15, -0.1) is 0 Å². The van der Waals surface area contributed by atoms with Crippen molar-refractivity contribution in [1.82, 2.24) is 119 Å². The lowest BCUT2D eigenvalue weighted by Crippen LogP contribution is -2.54. The smallest absolute Gasteiger partial charge is 0.244 e. The number of imidazole rings is 4. The number of aromatic amines is 4. The van der Waals surface area contributed by atoms with Gasteiger partial charge in [0.2, 0.25) is 23.6 Å². The fourth-order valence-corrected chi connectivity index (χ4v) is 16.6. The van der Waals surface area contributed by atoms with Crippen LogP contribution in [0.2, 0.25) is 20.1 Å². The highest BCUT2D eigenvalue weighted by Gasteiger charge is 2.32. The van der Waals surface area contributed by atoms with Crippen molar-refractivity contribution in [2.45, 2.75) is 66.8 Å². The first kappa shape index (κ1) is 83.7. The van der Waals surface area contributed by atoms with Crippen molar-refractivity contribution >= 4 is 137 Å². The molecule has 0 bridgehead atoms. The zero-order valence-electron chi connectivity index (χ0n) is 69.4. The third kappa shape index (κ3) is 18.4. The highest BCUT2D eigenvalue weighted by atomic mass is 35.5. The molecule has 1 atom stereocenters. The molecule has 4 aliphatic heterocycles. The molecule has 638 valence electrons.